The molecule has 0 bridgehead atoms. The summed E-state index contributed by atoms with van der Waals surface area (Å²) >= 11 is 0. The number of amides is 1. The molecule has 0 aliphatic carbocycles. The Bertz CT molecular complexity index is 708. The van der Waals surface area contributed by atoms with Gasteiger partial charge in [0.05, 0.1) is 30.3 Å². The number of nitrogens with zero attached hydrogens (tertiary/aromatic N) is 2. The van der Waals surface area contributed by atoms with Crippen LogP contribution in [0.2, 0.25) is 0 Å². The van der Waals surface area contributed by atoms with Crippen molar-refractivity contribution in [3.05, 3.63) is 47.8 Å². The summed E-state index contributed by atoms with van der Waals surface area (Å²) in [5.41, 5.74) is 2.03. The van der Waals surface area contributed by atoms with Gasteiger partial charge in [-0.25, -0.2) is 9.48 Å². The van der Waals surface area contributed by atoms with Crippen molar-refractivity contribution < 1.29 is 14.3 Å². The van der Waals surface area contributed by atoms with Crippen molar-refractivity contribution in [3.63, 3.8) is 0 Å². The number of para-hydroxylation sites is 1. The van der Waals surface area contributed by atoms with Gasteiger partial charge in [0, 0.05) is 0 Å². The van der Waals surface area contributed by atoms with E-state index < -0.39 is 12.0 Å². The van der Waals surface area contributed by atoms with Crippen molar-refractivity contribution in [1.29, 1.82) is 0 Å². The number of rotatable bonds is 6. The molecule has 24 heavy (non-hydrogen) atoms. The standard InChI is InChI=1S/C18H23N3O3/c1-12(2)10-16(18(23)24-4)20-17(22)15-11-19-21(13(15)3)14-8-6-5-7-9-14/h5-9,11-12,16H,10H2,1-4H3,(H,20,22)/t16-/m0/s1. The molecule has 1 aromatic heterocycles. The van der Waals surface area contributed by atoms with Crippen molar-refractivity contribution in [2.24, 2.45) is 5.92 Å². The molecular formula is C18H23N3O3. The molecule has 0 saturated heterocycles. The average molecular weight is 329 g/mol. The number of benzene rings is 1. The predicted octanol–water partition coefficient (Wildman–Crippen LogP) is 2.50. The summed E-state index contributed by atoms with van der Waals surface area (Å²) in [6, 6.07) is 8.90. The summed E-state index contributed by atoms with van der Waals surface area (Å²) in [4.78, 5) is 24.4. The second-order valence-corrected chi connectivity index (χ2v) is 6.07. The van der Waals surface area contributed by atoms with Crippen LogP contribution in [0.25, 0.3) is 5.69 Å². The first-order chi connectivity index (χ1) is 11.4. The summed E-state index contributed by atoms with van der Waals surface area (Å²) < 4.78 is 6.48. The molecule has 1 aromatic carbocycles. The lowest BCUT2D eigenvalue weighted by Gasteiger charge is -2.18. The number of hydrogen-bond donors (Lipinski definition) is 1. The molecular weight excluding hydrogens is 306 g/mol. The highest BCUT2D eigenvalue weighted by Gasteiger charge is 2.25. The van der Waals surface area contributed by atoms with Crippen LogP contribution in [-0.4, -0.2) is 34.8 Å². The monoisotopic (exact) mass is 329 g/mol. The number of ether oxygens (including phenoxy) is 1. The summed E-state index contributed by atoms with van der Waals surface area (Å²) in [7, 11) is 1.32. The lowest BCUT2D eigenvalue weighted by Crippen LogP contribution is -2.42. The largest absolute Gasteiger partial charge is 0.467 e. The summed E-state index contributed by atoms with van der Waals surface area (Å²) in [6.07, 6.45) is 2.03. The molecule has 0 aliphatic rings. The Morgan fingerprint density at radius 3 is 2.50 bits per heavy atom. The van der Waals surface area contributed by atoms with Gasteiger partial charge in [0.25, 0.3) is 5.91 Å². The maximum atomic E-state index is 12.6. The fourth-order valence-electron chi connectivity index (χ4n) is 2.53. The van der Waals surface area contributed by atoms with E-state index in [2.05, 4.69) is 10.4 Å². The average Bonchev–Trinajstić information content (AvgIpc) is 2.95. The molecule has 0 saturated carbocycles. The SMILES string of the molecule is COC(=O)[C@H](CC(C)C)NC(=O)c1cnn(-c2ccccc2)c1C. The topological polar surface area (TPSA) is 73.2 Å². The second-order valence-electron chi connectivity index (χ2n) is 6.07. The molecule has 1 amide bonds. The van der Waals surface area contributed by atoms with E-state index >= 15 is 0 Å². The molecule has 0 radical (unpaired) electrons. The number of hydrogen-bond acceptors (Lipinski definition) is 4. The lowest BCUT2D eigenvalue weighted by molar-refractivity contribution is -0.143. The van der Waals surface area contributed by atoms with Crippen molar-refractivity contribution in [2.75, 3.05) is 7.11 Å². The van der Waals surface area contributed by atoms with E-state index in [1.165, 1.54) is 13.3 Å². The highest BCUT2D eigenvalue weighted by Crippen LogP contribution is 2.15. The maximum Gasteiger partial charge on any atom is 0.328 e. The Morgan fingerprint density at radius 2 is 1.92 bits per heavy atom. The van der Waals surface area contributed by atoms with E-state index in [1.54, 1.807) is 4.68 Å². The number of aromatic nitrogens is 2. The third kappa shape index (κ3) is 4.01. The van der Waals surface area contributed by atoms with Crippen LogP contribution < -0.4 is 5.32 Å². The van der Waals surface area contributed by atoms with Gasteiger partial charge in [-0.3, -0.25) is 4.79 Å². The van der Waals surface area contributed by atoms with Crippen LogP contribution in [0.15, 0.2) is 36.5 Å². The fraction of sp³-hybridized carbons (Fsp3) is 0.389. The Hall–Kier alpha value is -2.63. The summed E-state index contributed by atoms with van der Waals surface area (Å²) in [6.45, 7) is 5.80. The van der Waals surface area contributed by atoms with Gasteiger partial charge in [-0.1, -0.05) is 32.0 Å². The van der Waals surface area contributed by atoms with Gasteiger partial charge in [-0.15, -0.1) is 0 Å². The first kappa shape index (κ1) is 17.7. The first-order valence-electron chi connectivity index (χ1n) is 7.92. The third-order valence-corrected chi connectivity index (χ3v) is 3.75. The Morgan fingerprint density at radius 1 is 1.25 bits per heavy atom. The van der Waals surface area contributed by atoms with E-state index in [0.717, 1.165) is 5.69 Å². The molecule has 0 spiro atoms. The van der Waals surface area contributed by atoms with Crippen LogP contribution in [0, 0.1) is 12.8 Å². The minimum absolute atomic E-state index is 0.252. The predicted molar refractivity (Wildman–Crippen MR) is 91.0 cm³/mol. The van der Waals surface area contributed by atoms with E-state index in [1.807, 2.05) is 51.1 Å². The number of esters is 1. The number of carbonyl (C=O) groups excluding carboxylic acids is 2. The van der Waals surface area contributed by atoms with Crippen LogP contribution in [0.5, 0.6) is 0 Å². The Kier molecular flexibility index (Phi) is 5.73. The van der Waals surface area contributed by atoms with E-state index in [4.69, 9.17) is 4.74 Å². The van der Waals surface area contributed by atoms with Crippen LogP contribution in [0.3, 0.4) is 0 Å². The smallest absolute Gasteiger partial charge is 0.328 e. The molecule has 1 N–H and O–H groups in total. The summed E-state index contributed by atoms with van der Waals surface area (Å²) in [5.74, 6) is -0.515. The van der Waals surface area contributed by atoms with E-state index in [-0.39, 0.29) is 11.8 Å². The molecule has 6 nitrogen and oxygen atoms in total. The van der Waals surface area contributed by atoms with Crippen molar-refractivity contribution >= 4 is 11.9 Å². The quantitative estimate of drug-likeness (QED) is 0.827. The van der Waals surface area contributed by atoms with Crippen LogP contribution in [-0.2, 0) is 9.53 Å². The molecule has 1 heterocycles. The third-order valence-electron chi connectivity index (χ3n) is 3.75. The molecule has 1 atom stereocenters. The minimum atomic E-state index is -0.665. The molecule has 0 unspecified atom stereocenters. The number of carbonyl (C=O) groups is 2. The van der Waals surface area contributed by atoms with Gasteiger partial charge >= 0.3 is 5.97 Å². The Balaban J connectivity index is 2.20. The van der Waals surface area contributed by atoms with Crippen LogP contribution in [0.1, 0.15) is 36.3 Å². The van der Waals surface area contributed by atoms with Gasteiger partial charge in [-0.05, 0) is 31.4 Å². The van der Waals surface area contributed by atoms with Gasteiger partial charge < -0.3 is 10.1 Å². The highest BCUT2D eigenvalue weighted by atomic mass is 16.5. The first-order valence-corrected chi connectivity index (χ1v) is 7.92. The molecule has 2 aromatic rings. The molecule has 6 heteroatoms. The van der Waals surface area contributed by atoms with E-state index in [0.29, 0.717) is 17.7 Å². The van der Waals surface area contributed by atoms with Gasteiger partial charge in [0.2, 0.25) is 0 Å². The van der Waals surface area contributed by atoms with Crippen LogP contribution in [0.4, 0.5) is 0 Å². The lowest BCUT2D eigenvalue weighted by atomic mass is 10.0. The minimum Gasteiger partial charge on any atom is -0.467 e. The molecule has 2 rings (SSSR count). The Labute approximate surface area is 141 Å². The number of methoxy groups -OCH3 is 1. The zero-order chi connectivity index (χ0) is 17.7. The van der Waals surface area contributed by atoms with Crippen molar-refractivity contribution in [2.45, 2.75) is 33.2 Å². The van der Waals surface area contributed by atoms with Gasteiger partial charge in [-0.2, -0.15) is 5.10 Å². The zero-order valence-corrected chi connectivity index (χ0v) is 14.4. The normalized spacial score (nSPS) is 12.0. The van der Waals surface area contributed by atoms with E-state index in [9.17, 15) is 9.59 Å². The molecule has 0 fully saturated rings. The van der Waals surface area contributed by atoms with Crippen LogP contribution >= 0.6 is 0 Å². The van der Waals surface area contributed by atoms with Gasteiger partial charge in [0.1, 0.15) is 6.04 Å². The molecule has 128 valence electrons. The summed E-state index contributed by atoms with van der Waals surface area (Å²) in [5, 5.41) is 7.03. The second kappa shape index (κ2) is 7.77. The molecule has 0 aliphatic heterocycles. The maximum absolute atomic E-state index is 12.6. The van der Waals surface area contributed by atoms with Crippen molar-refractivity contribution in [1.82, 2.24) is 15.1 Å². The highest BCUT2D eigenvalue weighted by molar-refractivity contribution is 5.97. The zero-order valence-electron chi connectivity index (χ0n) is 14.4. The van der Waals surface area contributed by atoms with Gasteiger partial charge in [0.15, 0.2) is 0 Å². The van der Waals surface area contributed by atoms with Crippen molar-refractivity contribution in [3.8, 4) is 5.69 Å². The number of nitrogens with one attached hydrogen (secondary N) is 1. The fourth-order valence-corrected chi connectivity index (χ4v) is 2.53.